The molecule has 1 aromatic carbocycles. The number of pyridine rings is 1. The summed E-state index contributed by atoms with van der Waals surface area (Å²) in [6.07, 6.45) is 3.62. The molecule has 3 aromatic rings. The minimum Gasteiger partial charge on any atom is -0.335 e. The van der Waals surface area contributed by atoms with Gasteiger partial charge in [-0.1, -0.05) is 24.3 Å². The van der Waals surface area contributed by atoms with Crippen molar-refractivity contribution in [3.8, 4) is 11.5 Å². The summed E-state index contributed by atoms with van der Waals surface area (Å²) in [7, 11) is 0. The van der Waals surface area contributed by atoms with Gasteiger partial charge in [-0.15, -0.1) is 0 Å². The molecule has 3 heterocycles. The molecular weight excluding hydrogens is 376 g/mol. The number of H-pyrrole nitrogens is 1. The third-order valence-corrected chi connectivity index (χ3v) is 5.95. The number of carbonyl (C=O) groups is 1. The highest BCUT2D eigenvalue weighted by Gasteiger charge is 2.30. The van der Waals surface area contributed by atoms with E-state index in [1.165, 1.54) is 16.7 Å². The quantitative estimate of drug-likeness (QED) is 0.722. The molecule has 6 nitrogen and oxygen atoms in total. The van der Waals surface area contributed by atoms with Crippen molar-refractivity contribution in [1.29, 1.82) is 0 Å². The zero-order valence-corrected chi connectivity index (χ0v) is 17.6. The van der Waals surface area contributed by atoms with E-state index >= 15 is 0 Å². The van der Waals surface area contributed by atoms with Crippen LogP contribution in [0, 0.1) is 20.8 Å². The van der Waals surface area contributed by atoms with Crippen LogP contribution >= 0.6 is 0 Å². The molecule has 0 radical (unpaired) electrons. The first-order valence-corrected chi connectivity index (χ1v) is 10.3. The first-order valence-electron chi connectivity index (χ1n) is 10.3. The minimum atomic E-state index is -0.279. The SMILES string of the molecule is Cc1ccc([C@@H]2CCCN2C(=O)Cc2c(C)nc(-c3ccccn3)[nH]c2=O)cc1C. The van der Waals surface area contributed by atoms with Crippen LogP contribution in [0.4, 0.5) is 0 Å². The highest BCUT2D eigenvalue weighted by molar-refractivity contribution is 5.79. The maximum absolute atomic E-state index is 13.1. The van der Waals surface area contributed by atoms with Gasteiger partial charge in [-0.05, 0) is 62.4 Å². The van der Waals surface area contributed by atoms with E-state index in [1.807, 2.05) is 17.0 Å². The molecule has 0 spiro atoms. The summed E-state index contributed by atoms with van der Waals surface area (Å²) in [5.41, 5.74) is 4.95. The van der Waals surface area contributed by atoms with E-state index in [9.17, 15) is 9.59 Å². The monoisotopic (exact) mass is 402 g/mol. The number of benzene rings is 1. The zero-order valence-electron chi connectivity index (χ0n) is 17.6. The average molecular weight is 402 g/mol. The summed E-state index contributed by atoms with van der Waals surface area (Å²) >= 11 is 0. The lowest BCUT2D eigenvalue weighted by Crippen LogP contribution is -2.34. The van der Waals surface area contributed by atoms with Crippen LogP contribution in [0.3, 0.4) is 0 Å². The normalized spacial score (nSPS) is 16.1. The standard InChI is InChI=1S/C24H26N4O2/c1-15-9-10-18(13-16(15)2)21-8-6-12-28(21)22(29)14-19-17(3)26-23(27-24(19)30)20-7-4-5-11-25-20/h4-5,7,9-11,13,21H,6,8,12,14H2,1-3H3,(H,26,27,30)/t21-/m0/s1. The van der Waals surface area contributed by atoms with E-state index in [0.717, 1.165) is 12.8 Å². The van der Waals surface area contributed by atoms with Gasteiger partial charge in [0.25, 0.3) is 5.56 Å². The van der Waals surface area contributed by atoms with Gasteiger partial charge in [0.1, 0.15) is 5.69 Å². The number of likely N-dealkylation sites (tertiary alicyclic amines) is 1. The largest absolute Gasteiger partial charge is 0.335 e. The molecule has 0 unspecified atom stereocenters. The molecule has 1 atom stereocenters. The van der Waals surface area contributed by atoms with Gasteiger partial charge < -0.3 is 9.88 Å². The van der Waals surface area contributed by atoms with Gasteiger partial charge in [-0.25, -0.2) is 4.98 Å². The zero-order chi connectivity index (χ0) is 21.3. The van der Waals surface area contributed by atoms with Crippen LogP contribution in [0.25, 0.3) is 11.5 Å². The Kier molecular flexibility index (Phi) is 5.48. The highest BCUT2D eigenvalue weighted by atomic mass is 16.2. The Labute approximate surface area is 176 Å². The first-order chi connectivity index (χ1) is 14.4. The molecule has 1 aliphatic rings. The molecule has 154 valence electrons. The van der Waals surface area contributed by atoms with E-state index < -0.39 is 0 Å². The number of nitrogens with zero attached hydrogens (tertiary/aromatic N) is 3. The van der Waals surface area contributed by atoms with Gasteiger partial charge in [0.05, 0.1) is 12.5 Å². The molecule has 0 aliphatic carbocycles. The summed E-state index contributed by atoms with van der Waals surface area (Å²) in [6, 6.07) is 11.9. The number of nitrogens with one attached hydrogen (secondary N) is 1. The Hall–Kier alpha value is -3.28. The van der Waals surface area contributed by atoms with E-state index in [-0.39, 0.29) is 23.9 Å². The van der Waals surface area contributed by atoms with Gasteiger partial charge >= 0.3 is 0 Å². The van der Waals surface area contributed by atoms with Gasteiger partial charge in [0, 0.05) is 24.0 Å². The summed E-state index contributed by atoms with van der Waals surface area (Å²) in [5, 5.41) is 0. The van der Waals surface area contributed by atoms with Crippen molar-refractivity contribution < 1.29 is 4.79 Å². The summed E-state index contributed by atoms with van der Waals surface area (Å²) in [6.45, 7) is 6.67. The summed E-state index contributed by atoms with van der Waals surface area (Å²) in [4.78, 5) is 39.3. The van der Waals surface area contributed by atoms with Crippen LogP contribution in [0.5, 0.6) is 0 Å². The van der Waals surface area contributed by atoms with Crippen LogP contribution in [0.2, 0.25) is 0 Å². The second kappa shape index (κ2) is 8.22. The second-order valence-corrected chi connectivity index (χ2v) is 7.96. The smallest absolute Gasteiger partial charge is 0.255 e. The van der Waals surface area contributed by atoms with Gasteiger partial charge in [0.15, 0.2) is 5.82 Å². The molecule has 1 N–H and O–H groups in total. The Balaban J connectivity index is 1.57. The maximum atomic E-state index is 13.1. The van der Waals surface area contributed by atoms with Crippen LogP contribution in [-0.4, -0.2) is 32.3 Å². The molecule has 1 aliphatic heterocycles. The predicted molar refractivity (Wildman–Crippen MR) is 116 cm³/mol. The molecule has 0 saturated carbocycles. The average Bonchev–Trinajstić information content (AvgIpc) is 3.23. The van der Waals surface area contributed by atoms with Crippen molar-refractivity contribution in [3.05, 3.63) is 80.9 Å². The van der Waals surface area contributed by atoms with Crippen LogP contribution in [0.1, 0.15) is 46.8 Å². The van der Waals surface area contributed by atoms with E-state index in [2.05, 4.69) is 47.0 Å². The first kappa shape index (κ1) is 20.0. The topological polar surface area (TPSA) is 79.0 Å². The molecule has 1 saturated heterocycles. The van der Waals surface area contributed by atoms with E-state index in [1.54, 1.807) is 19.2 Å². The number of aromatic nitrogens is 3. The van der Waals surface area contributed by atoms with E-state index in [4.69, 9.17) is 0 Å². The Bertz CT molecular complexity index is 1140. The Morgan fingerprint density at radius 2 is 2.00 bits per heavy atom. The molecule has 6 heteroatoms. The lowest BCUT2D eigenvalue weighted by molar-refractivity contribution is -0.131. The molecule has 4 rings (SSSR count). The molecular formula is C24H26N4O2. The predicted octanol–water partition coefficient (Wildman–Crippen LogP) is 3.66. The number of aromatic amines is 1. The molecule has 1 amide bonds. The van der Waals surface area contributed by atoms with Crippen molar-refractivity contribution in [1.82, 2.24) is 19.9 Å². The third kappa shape index (κ3) is 3.90. The number of hydrogen-bond acceptors (Lipinski definition) is 4. The lowest BCUT2D eigenvalue weighted by atomic mass is 9.99. The maximum Gasteiger partial charge on any atom is 0.255 e. The Morgan fingerprint density at radius 1 is 1.17 bits per heavy atom. The van der Waals surface area contributed by atoms with Crippen molar-refractivity contribution in [2.24, 2.45) is 0 Å². The van der Waals surface area contributed by atoms with Crippen LogP contribution in [-0.2, 0) is 11.2 Å². The molecule has 1 fully saturated rings. The van der Waals surface area contributed by atoms with Crippen molar-refractivity contribution in [2.45, 2.75) is 46.1 Å². The Morgan fingerprint density at radius 3 is 2.70 bits per heavy atom. The number of hydrogen-bond donors (Lipinski definition) is 1. The van der Waals surface area contributed by atoms with Crippen molar-refractivity contribution in [2.75, 3.05) is 6.54 Å². The van der Waals surface area contributed by atoms with Gasteiger partial charge in [-0.3, -0.25) is 14.6 Å². The van der Waals surface area contributed by atoms with Gasteiger partial charge in [0.2, 0.25) is 5.91 Å². The van der Waals surface area contributed by atoms with E-state index in [0.29, 0.717) is 29.3 Å². The third-order valence-electron chi connectivity index (χ3n) is 5.95. The lowest BCUT2D eigenvalue weighted by Gasteiger charge is -2.26. The number of aryl methyl sites for hydroxylation is 3. The molecule has 30 heavy (non-hydrogen) atoms. The van der Waals surface area contributed by atoms with Gasteiger partial charge in [-0.2, -0.15) is 0 Å². The van der Waals surface area contributed by atoms with Crippen LogP contribution < -0.4 is 5.56 Å². The fourth-order valence-corrected chi connectivity index (χ4v) is 4.08. The molecule has 2 aromatic heterocycles. The van der Waals surface area contributed by atoms with Crippen molar-refractivity contribution >= 4 is 5.91 Å². The molecule has 0 bridgehead atoms. The number of amides is 1. The number of carbonyl (C=O) groups excluding carboxylic acids is 1. The summed E-state index contributed by atoms with van der Waals surface area (Å²) in [5.74, 6) is 0.389. The second-order valence-electron chi connectivity index (χ2n) is 7.96. The van der Waals surface area contributed by atoms with Crippen LogP contribution in [0.15, 0.2) is 47.4 Å². The fourth-order valence-electron chi connectivity index (χ4n) is 4.08. The van der Waals surface area contributed by atoms with Crippen molar-refractivity contribution in [3.63, 3.8) is 0 Å². The summed E-state index contributed by atoms with van der Waals surface area (Å²) < 4.78 is 0. The fraction of sp³-hybridized carbons (Fsp3) is 0.333. The minimum absolute atomic E-state index is 0.0308. The number of rotatable bonds is 4. The highest BCUT2D eigenvalue weighted by Crippen LogP contribution is 2.33.